The Morgan fingerprint density at radius 1 is 0.176 bits per heavy atom. The summed E-state index contributed by atoms with van der Waals surface area (Å²) in [6.07, 6.45) is 0. The quantitative estimate of drug-likeness (QED) is 0.102. The maximum absolute atomic E-state index is 7.13. The summed E-state index contributed by atoms with van der Waals surface area (Å²) >= 11 is 0. The van der Waals surface area contributed by atoms with Gasteiger partial charge in [-0.1, -0.05) is 406 Å². The highest BCUT2D eigenvalue weighted by atomic mass is 16.3. The molecular weight excluding hydrogens is 1440 g/mol. The van der Waals surface area contributed by atoms with Crippen LogP contribution in [-0.2, 0) is 0 Å². The van der Waals surface area contributed by atoms with Crippen LogP contribution in [0.2, 0.25) is 0 Å². The van der Waals surface area contributed by atoms with Crippen LogP contribution < -0.4 is 26.2 Å². The molecule has 5 heteroatoms. The number of hydrogen-bond acceptors (Lipinski definition) is 4. The largest absolute Gasteiger partial charge is 0.455 e. The lowest BCUT2D eigenvalue weighted by Crippen LogP contribution is -2.61. The number of para-hydroxylation sites is 4. The van der Waals surface area contributed by atoms with E-state index in [-0.39, 0.29) is 0 Å². The highest BCUT2D eigenvalue weighted by Gasteiger charge is 2.47. The summed E-state index contributed by atoms with van der Waals surface area (Å²) in [6, 6.07) is 164. The third-order valence-electron chi connectivity index (χ3n) is 24.4. The predicted molar refractivity (Wildman–Crippen MR) is 500 cm³/mol. The van der Waals surface area contributed by atoms with Gasteiger partial charge in [-0.05, 0) is 131 Å². The molecule has 0 aliphatic carbocycles. The Morgan fingerprint density at radius 2 is 0.412 bits per heavy atom. The molecule has 23 rings (SSSR count). The summed E-state index contributed by atoms with van der Waals surface area (Å²) in [7, 11) is 0. The maximum atomic E-state index is 7.13. The van der Waals surface area contributed by atoms with Gasteiger partial charge in [0.1, 0.15) is 22.3 Å². The number of fused-ring (bicyclic) bond motifs is 10. The molecule has 19 aromatic carbocycles. The second-order valence-electron chi connectivity index (χ2n) is 31.0. The van der Waals surface area contributed by atoms with Crippen molar-refractivity contribution in [1.29, 1.82) is 0 Å². The van der Waals surface area contributed by atoms with E-state index in [1.165, 1.54) is 0 Å². The Bertz CT molecular complexity index is 6830. The van der Waals surface area contributed by atoms with Crippen molar-refractivity contribution in [3.05, 3.63) is 443 Å². The smallest absolute Gasteiger partial charge is 0.252 e. The summed E-state index contributed by atoms with van der Waals surface area (Å²) in [5.74, 6) is 0. The Hall–Kier alpha value is -15.6. The molecule has 0 saturated carbocycles. The van der Waals surface area contributed by atoms with Gasteiger partial charge in [0.25, 0.3) is 6.71 Å². The third-order valence-corrected chi connectivity index (χ3v) is 24.4. The molecule has 4 heterocycles. The lowest BCUT2D eigenvalue weighted by atomic mass is 9.33. The molecule has 0 fully saturated rings. The van der Waals surface area contributed by atoms with Crippen molar-refractivity contribution in [2.75, 3.05) is 9.80 Å². The van der Waals surface area contributed by atoms with Gasteiger partial charge in [0.2, 0.25) is 0 Å². The standard InChI is InChI=1S/C114H73BN2O2/c1-11-38-74(39-12-1)100-102(76-42-15-3-16-43-76)106(80-50-23-7-24-51-80)111(107(81-52-25-8-26-53-81)103(100)77-44-17-4-18-45-77)116-94-70-68-84(86-60-35-62-90-88-58-31-33-66-98(88)118-113(86)90)72-92(94)115-93-73-85(87-61-36-63-91-89-59-32-34-67-99(89)119-114(87)91)69-71-95(93)117(97-65-37-64-96(116)110(97)115)112-108(82-54-27-9-28-55-82)104(78-46-19-5-20-47-78)101(75-40-13-2-14-41-75)105(79-48-21-6-22-49-79)109(112)83-56-29-10-30-57-83/h1-73H. The average molecular weight is 1510 g/mol. The molecule has 0 spiro atoms. The van der Waals surface area contributed by atoms with Gasteiger partial charge in [0.15, 0.2) is 0 Å². The Kier molecular flexibility index (Phi) is 16.7. The van der Waals surface area contributed by atoms with Crippen LogP contribution in [0.4, 0.5) is 34.1 Å². The van der Waals surface area contributed by atoms with E-state index in [2.05, 4.69) is 453 Å². The van der Waals surface area contributed by atoms with Crippen molar-refractivity contribution in [2.24, 2.45) is 0 Å². The van der Waals surface area contributed by atoms with Crippen LogP contribution in [0.3, 0.4) is 0 Å². The van der Waals surface area contributed by atoms with Gasteiger partial charge in [0.05, 0.1) is 11.4 Å². The first kappa shape index (κ1) is 69.0. The van der Waals surface area contributed by atoms with E-state index in [1.807, 2.05) is 0 Å². The zero-order valence-corrected chi connectivity index (χ0v) is 64.9. The van der Waals surface area contributed by atoms with Crippen LogP contribution in [0.1, 0.15) is 0 Å². The van der Waals surface area contributed by atoms with Gasteiger partial charge in [-0.15, -0.1) is 0 Å². The fraction of sp³-hybridized carbons (Fsp3) is 0. The first-order valence-electron chi connectivity index (χ1n) is 41.0. The normalized spacial score (nSPS) is 12.2. The number of anilines is 6. The minimum absolute atomic E-state index is 0.430. The molecule has 4 nitrogen and oxygen atoms in total. The van der Waals surface area contributed by atoms with Crippen LogP contribution in [0.25, 0.3) is 177 Å². The molecule has 119 heavy (non-hydrogen) atoms. The lowest BCUT2D eigenvalue weighted by molar-refractivity contribution is 0.669. The Balaban J connectivity index is 0.943. The molecule has 21 aromatic rings. The number of hydrogen-bond donors (Lipinski definition) is 0. The summed E-state index contributed by atoms with van der Waals surface area (Å²) in [6.45, 7) is -0.430. The number of nitrogens with zero attached hydrogens (tertiary/aromatic N) is 2. The van der Waals surface area contributed by atoms with E-state index in [0.29, 0.717) is 0 Å². The lowest BCUT2D eigenvalue weighted by Gasteiger charge is -2.46. The second-order valence-corrected chi connectivity index (χ2v) is 31.0. The zero-order valence-electron chi connectivity index (χ0n) is 64.9. The third kappa shape index (κ3) is 11.3. The summed E-state index contributed by atoms with van der Waals surface area (Å²) in [5, 5.41) is 4.30. The van der Waals surface area contributed by atoms with E-state index in [9.17, 15) is 0 Å². The fourth-order valence-electron chi connectivity index (χ4n) is 19.5. The monoisotopic (exact) mass is 1510 g/mol. The highest BCUT2D eigenvalue weighted by Crippen LogP contribution is 2.63. The van der Waals surface area contributed by atoms with Gasteiger partial charge < -0.3 is 18.6 Å². The van der Waals surface area contributed by atoms with Crippen LogP contribution in [0.15, 0.2) is 452 Å². The van der Waals surface area contributed by atoms with Gasteiger partial charge in [0, 0.05) is 99.9 Å². The van der Waals surface area contributed by atoms with E-state index in [1.54, 1.807) is 0 Å². The molecule has 0 saturated heterocycles. The SMILES string of the molecule is c1ccc(-c2c(-c3ccccc3)c(-c3ccccc3)c(N3c4ccc(-c5cccc6c5oc5ccccc56)cc4B4c5cc(-c6cccc7c6oc6ccccc67)ccc5N(c5c(-c6ccccc6)c(-c6ccccc6)c(-c6ccccc6)c(-c6ccccc6)c5-c5ccccc5)c5cccc3c54)c(-c3ccccc3)c2-c2ccccc2)cc1. The first-order chi connectivity index (χ1) is 59.1. The van der Waals surface area contributed by atoms with Gasteiger partial charge >= 0.3 is 0 Å². The highest BCUT2D eigenvalue weighted by molar-refractivity contribution is 7.00. The molecule has 0 radical (unpaired) electrons. The van der Waals surface area contributed by atoms with Crippen LogP contribution >= 0.6 is 0 Å². The van der Waals surface area contributed by atoms with Crippen molar-refractivity contribution in [3.8, 4) is 134 Å². The maximum Gasteiger partial charge on any atom is 0.252 e. The molecular formula is C114H73BN2O2. The number of rotatable bonds is 14. The Labute approximate surface area is 691 Å². The Morgan fingerprint density at radius 3 is 0.697 bits per heavy atom. The molecule has 2 aliphatic rings. The van der Waals surface area contributed by atoms with Gasteiger partial charge in [-0.2, -0.15) is 0 Å². The van der Waals surface area contributed by atoms with E-state index in [4.69, 9.17) is 8.83 Å². The fourth-order valence-corrected chi connectivity index (χ4v) is 19.5. The average Bonchev–Trinajstić information content (AvgIpc) is 0.782. The van der Waals surface area contributed by atoms with Gasteiger partial charge in [-0.3, -0.25) is 0 Å². The molecule has 2 aromatic heterocycles. The molecule has 554 valence electrons. The van der Waals surface area contributed by atoms with E-state index < -0.39 is 6.71 Å². The predicted octanol–water partition coefficient (Wildman–Crippen LogP) is 29.6. The topological polar surface area (TPSA) is 32.8 Å². The van der Waals surface area contributed by atoms with Crippen molar-refractivity contribution in [3.63, 3.8) is 0 Å². The molecule has 0 unspecified atom stereocenters. The summed E-state index contributed by atoms with van der Waals surface area (Å²) < 4.78 is 14.3. The summed E-state index contributed by atoms with van der Waals surface area (Å²) in [5.41, 5.74) is 39.2. The molecule has 0 bridgehead atoms. The summed E-state index contributed by atoms with van der Waals surface area (Å²) in [4.78, 5) is 5.41. The molecule has 0 atom stereocenters. The second kappa shape index (κ2) is 28.8. The van der Waals surface area contributed by atoms with Gasteiger partial charge in [-0.25, -0.2) is 0 Å². The van der Waals surface area contributed by atoms with Crippen LogP contribution in [0, 0.1) is 0 Å². The van der Waals surface area contributed by atoms with Crippen molar-refractivity contribution < 1.29 is 8.83 Å². The molecule has 0 N–H and O–H groups in total. The van der Waals surface area contributed by atoms with Crippen molar-refractivity contribution in [1.82, 2.24) is 0 Å². The minimum Gasteiger partial charge on any atom is -0.455 e. The van der Waals surface area contributed by atoms with Crippen LogP contribution in [0.5, 0.6) is 0 Å². The minimum atomic E-state index is -0.430. The number of benzene rings is 19. The van der Waals surface area contributed by atoms with Crippen LogP contribution in [-0.4, -0.2) is 6.71 Å². The molecule has 0 amide bonds. The first-order valence-corrected chi connectivity index (χ1v) is 41.0. The van der Waals surface area contributed by atoms with Crippen molar-refractivity contribution in [2.45, 2.75) is 0 Å². The van der Waals surface area contributed by atoms with E-state index >= 15 is 0 Å². The zero-order chi connectivity index (χ0) is 78.4. The van der Waals surface area contributed by atoms with E-state index in [0.717, 1.165) is 228 Å². The number of furan rings is 2. The molecule has 2 aliphatic heterocycles. The van der Waals surface area contributed by atoms with Crippen molar-refractivity contribution >= 4 is 101 Å².